The number of hydrogen-bond acceptors (Lipinski definition) is 4. The smallest absolute Gasteiger partial charge is 0.134 e. The molecule has 0 spiro atoms. The van der Waals surface area contributed by atoms with Gasteiger partial charge in [0, 0.05) is 5.56 Å². The molecule has 4 nitrogen and oxygen atoms in total. The third kappa shape index (κ3) is 2.95. The summed E-state index contributed by atoms with van der Waals surface area (Å²) in [5.74, 6) is 0.667. The van der Waals surface area contributed by atoms with Gasteiger partial charge in [0.25, 0.3) is 0 Å². The van der Waals surface area contributed by atoms with E-state index in [9.17, 15) is 0 Å². The average Bonchev–Trinajstić information content (AvgIpc) is 2.99. The van der Waals surface area contributed by atoms with Crippen LogP contribution in [0.1, 0.15) is 56.1 Å². The number of oxime groups is 2. The molecule has 0 radical (unpaired) electrons. The van der Waals surface area contributed by atoms with Gasteiger partial charge in [0.2, 0.25) is 0 Å². The van der Waals surface area contributed by atoms with Crippen molar-refractivity contribution in [1.82, 2.24) is 0 Å². The lowest BCUT2D eigenvalue weighted by Crippen LogP contribution is -2.15. The van der Waals surface area contributed by atoms with E-state index < -0.39 is 0 Å². The summed E-state index contributed by atoms with van der Waals surface area (Å²) in [4.78, 5) is 0. The van der Waals surface area contributed by atoms with Gasteiger partial charge >= 0.3 is 0 Å². The summed E-state index contributed by atoms with van der Waals surface area (Å²) >= 11 is 0. The van der Waals surface area contributed by atoms with Gasteiger partial charge in [0.1, 0.15) is 11.4 Å². The van der Waals surface area contributed by atoms with Crippen LogP contribution < -0.4 is 0 Å². The Balaban J connectivity index is 2.21. The van der Waals surface area contributed by atoms with Gasteiger partial charge in [-0.25, -0.2) is 0 Å². The SMILES string of the molecule is CCC(=N\O)/C(=N/O)c1ccc(C2CCCC2)cc1. The quantitative estimate of drug-likeness (QED) is 0.491. The monoisotopic (exact) mass is 260 g/mol. The van der Waals surface area contributed by atoms with E-state index in [1.807, 2.05) is 19.1 Å². The second kappa shape index (κ2) is 6.36. The van der Waals surface area contributed by atoms with Crippen LogP contribution in [-0.2, 0) is 0 Å². The lowest BCUT2D eigenvalue weighted by molar-refractivity contribution is 0.313. The molecular weight excluding hydrogens is 240 g/mol. The molecule has 0 aromatic heterocycles. The third-order valence-corrected chi connectivity index (χ3v) is 3.84. The Kier molecular flexibility index (Phi) is 4.55. The van der Waals surface area contributed by atoms with Gasteiger partial charge in [0.05, 0.1) is 0 Å². The van der Waals surface area contributed by atoms with E-state index in [1.165, 1.54) is 31.2 Å². The van der Waals surface area contributed by atoms with E-state index in [0.717, 1.165) is 5.56 Å². The molecule has 4 heteroatoms. The van der Waals surface area contributed by atoms with Gasteiger partial charge in [-0.3, -0.25) is 0 Å². The fourth-order valence-corrected chi connectivity index (χ4v) is 2.74. The molecule has 0 saturated heterocycles. The molecule has 2 N–H and O–H groups in total. The van der Waals surface area contributed by atoms with E-state index in [1.54, 1.807) is 0 Å². The number of hydrogen-bond donors (Lipinski definition) is 2. The summed E-state index contributed by atoms with van der Waals surface area (Å²) in [6.45, 7) is 1.85. The first kappa shape index (κ1) is 13.6. The third-order valence-electron chi connectivity index (χ3n) is 3.84. The number of benzene rings is 1. The first-order chi connectivity index (χ1) is 9.30. The largest absolute Gasteiger partial charge is 0.411 e. The fourth-order valence-electron chi connectivity index (χ4n) is 2.74. The molecule has 1 aromatic rings. The molecule has 0 amide bonds. The van der Waals surface area contributed by atoms with E-state index >= 15 is 0 Å². The van der Waals surface area contributed by atoms with Crippen LogP contribution in [-0.4, -0.2) is 21.8 Å². The van der Waals surface area contributed by atoms with Gasteiger partial charge < -0.3 is 10.4 Å². The maximum Gasteiger partial charge on any atom is 0.134 e. The van der Waals surface area contributed by atoms with Crippen molar-refractivity contribution >= 4 is 11.4 Å². The summed E-state index contributed by atoms with van der Waals surface area (Å²) < 4.78 is 0. The molecule has 0 bridgehead atoms. The van der Waals surface area contributed by atoms with Crippen LogP contribution >= 0.6 is 0 Å². The van der Waals surface area contributed by atoms with E-state index in [0.29, 0.717) is 23.8 Å². The van der Waals surface area contributed by atoms with Crippen LogP contribution in [0.2, 0.25) is 0 Å². The summed E-state index contributed by atoms with van der Waals surface area (Å²) in [6.07, 6.45) is 5.66. The van der Waals surface area contributed by atoms with Gasteiger partial charge in [0.15, 0.2) is 0 Å². The molecule has 0 unspecified atom stereocenters. The van der Waals surface area contributed by atoms with Crippen LogP contribution in [0.25, 0.3) is 0 Å². The number of rotatable bonds is 4. The van der Waals surface area contributed by atoms with Gasteiger partial charge in [-0.1, -0.05) is 54.3 Å². The van der Waals surface area contributed by atoms with Crippen molar-refractivity contribution in [3.05, 3.63) is 35.4 Å². The normalized spacial score (nSPS) is 17.9. The highest BCUT2D eigenvalue weighted by Gasteiger charge is 2.18. The van der Waals surface area contributed by atoms with Gasteiger partial charge in [-0.05, 0) is 30.7 Å². The molecule has 1 aliphatic carbocycles. The minimum atomic E-state index is 0.336. The van der Waals surface area contributed by atoms with Crippen LogP contribution in [0.3, 0.4) is 0 Å². The summed E-state index contributed by atoms with van der Waals surface area (Å²) in [6, 6.07) is 8.04. The zero-order chi connectivity index (χ0) is 13.7. The van der Waals surface area contributed by atoms with Crippen LogP contribution in [0.4, 0.5) is 0 Å². The molecule has 19 heavy (non-hydrogen) atoms. The Labute approximate surface area is 113 Å². The van der Waals surface area contributed by atoms with Crippen molar-refractivity contribution in [1.29, 1.82) is 0 Å². The zero-order valence-corrected chi connectivity index (χ0v) is 11.2. The molecule has 1 saturated carbocycles. The predicted molar refractivity (Wildman–Crippen MR) is 75.5 cm³/mol. The Morgan fingerprint density at radius 1 is 1.11 bits per heavy atom. The fraction of sp³-hybridized carbons (Fsp3) is 0.467. The second-order valence-electron chi connectivity index (χ2n) is 4.95. The Bertz CT molecular complexity index is 471. The van der Waals surface area contributed by atoms with E-state index in [-0.39, 0.29) is 0 Å². The van der Waals surface area contributed by atoms with Crippen molar-refractivity contribution in [3.63, 3.8) is 0 Å². The molecule has 0 atom stereocenters. The van der Waals surface area contributed by atoms with Crippen molar-refractivity contribution in [2.24, 2.45) is 10.3 Å². The minimum Gasteiger partial charge on any atom is -0.411 e. The topological polar surface area (TPSA) is 65.2 Å². The number of nitrogens with zero attached hydrogens (tertiary/aromatic N) is 2. The van der Waals surface area contributed by atoms with E-state index in [2.05, 4.69) is 22.4 Å². The lowest BCUT2D eigenvalue weighted by Gasteiger charge is -2.11. The maximum absolute atomic E-state index is 9.09. The van der Waals surface area contributed by atoms with Crippen LogP contribution in [0.5, 0.6) is 0 Å². The van der Waals surface area contributed by atoms with Crippen molar-refractivity contribution in [2.75, 3.05) is 0 Å². The minimum absolute atomic E-state index is 0.336. The zero-order valence-electron chi connectivity index (χ0n) is 11.2. The first-order valence-electron chi connectivity index (χ1n) is 6.83. The highest BCUT2D eigenvalue weighted by molar-refractivity contribution is 6.48. The lowest BCUT2D eigenvalue weighted by atomic mass is 9.95. The molecule has 0 aliphatic heterocycles. The van der Waals surface area contributed by atoms with E-state index in [4.69, 9.17) is 10.4 Å². The standard InChI is InChI=1S/C15H20N2O2/c1-2-14(16-18)15(17-19)13-9-7-12(8-10-13)11-5-3-4-6-11/h7-11,18-19H,2-6H2,1H3/b16-14+,17-15+. The molecule has 1 aliphatic rings. The first-order valence-corrected chi connectivity index (χ1v) is 6.83. The van der Waals surface area contributed by atoms with Crippen molar-refractivity contribution in [2.45, 2.75) is 44.9 Å². The van der Waals surface area contributed by atoms with Crippen LogP contribution in [0.15, 0.2) is 34.6 Å². The van der Waals surface area contributed by atoms with Gasteiger partial charge in [-0.2, -0.15) is 0 Å². The predicted octanol–water partition coefficient (Wildman–Crippen LogP) is 3.76. The Hall–Kier alpha value is -1.84. The van der Waals surface area contributed by atoms with Crippen LogP contribution in [0, 0.1) is 0 Å². The Morgan fingerprint density at radius 3 is 2.21 bits per heavy atom. The molecule has 102 valence electrons. The summed E-state index contributed by atoms with van der Waals surface area (Å²) in [5.41, 5.74) is 2.84. The highest BCUT2D eigenvalue weighted by atomic mass is 16.4. The molecular formula is C15H20N2O2. The van der Waals surface area contributed by atoms with Gasteiger partial charge in [-0.15, -0.1) is 0 Å². The molecule has 1 fully saturated rings. The summed E-state index contributed by atoms with van der Waals surface area (Å²) in [5, 5.41) is 24.4. The van der Waals surface area contributed by atoms with Crippen molar-refractivity contribution in [3.8, 4) is 0 Å². The maximum atomic E-state index is 9.09. The molecule has 0 heterocycles. The Morgan fingerprint density at radius 2 is 1.74 bits per heavy atom. The van der Waals surface area contributed by atoms with Crippen molar-refractivity contribution < 1.29 is 10.4 Å². The highest BCUT2D eigenvalue weighted by Crippen LogP contribution is 2.34. The summed E-state index contributed by atoms with van der Waals surface area (Å²) in [7, 11) is 0. The molecule has 1 aromatic carbocycles. The molecule has 2 rings (SSSR count). The average molecular weight is 260 g/mol. The second-order valence-corrected chi connectivity index (χ2v) is 4.95.